The smallest absolute Gasteiger partial charge is 0.0500 e. The number of para-hydroxylation sites is 1. The van der Waals surface area contributed by atoms with E-state index in [1.165, 1.54) is 4.90 Å². The Balaban J connectivity index is 2.19. The molecular weight excluding hydrogens is 366 g/mol. The van der Waals surface area contributed by atoms with E-state index in [-0.39, 0.29) is 6.04 Å². The highest BCUT2D eigenvalue weighted by Crippen LogP contribution is 2.32. The number of hydrogen-bond donors (Lipinski definition) is 1. The molecule has 0 saturated carbocycles. The van der Waals surface area contributed by atoms with E-state index >= 15 is 0 Å². The number of benzene rings is 2. The first-order valence-electron chi connectivity index (χ1n) is 6.66. The zero-order valence-corrected chi connectivity index (χ0v) is 14.9. The Labute approximate surface area is 143 Å². The second-order valence-corrected chi connectivity index (χ2v) is 7.01. The summed E-state index contributed by atoms with van der Waals surface area (Å²) in [7, 11) is 0. The van der Waals surface area contributed by atoms with Gasteiger partial charge in [-0.2, -0.15) is 0 Å². The fourth-order valence-electron chi connectivity index (χ4n) is 2.02. The summed E-state index contributed by atoms with van der Waals surface area (Å²) >= 11 is 11.5. The third-order valence-electron chi connectivity index (χ3n) is 3.04. The highest BCUT2D eigenvalue weighted by atomic mass is 79.9. The van der Waals surface area contributed by atoms with E-state index < -0.39 is 0 Å². The molecule has 110 valence electrons. The van der Waals surface area contributed by atoms with Crippen LogP contribution < -0.4 is 5.32 Å². The fraction of sp³-hybridized carbons (Fsp3) is 0.176. The monoisotopic (exact) mass is 381 g/mol. The van der Waals surface area contributed by atoms with E-state index in [0.29, 0.717) is 0 Å². The molecule has 4 heteroatoms. The molecule has 21 heavy (non-hydrogen) atoms. The van der Waals surface area contributed by atoms with Crippen LogP contribution >= 0.6 is 39.3 Å². The van der Waals surface area contributed by atoms with Gasteiger partial charge in [0, 0.05) is 25.8 Å². The Hall–Kier alpha value is -0.900. The molecule has 1 unspecified atom stereocenters. The molecule has 1 nitrogen and oxygen atoms in total. The van der Waals surface area contributed by atoms with Gasteiger partial charge in [0.15, 0.2) is 0 Å². The van der Waals surface area contributed by atoms with Crippen LogP contribution in [0.25, 0.3) is 0 Å². The van der Waals surface area contributed by atoms with Crippen molar-refractivity contribution in [2.24, 2.45) is 0 Å². The molecule has 2 aromatic carbocycles. The third-order valence-corrected chi connectivity index (χ3v) is 4.93. The van der Waals surface area contributed by atoms with Crippen molar-refractivity contribution in [3.05, 3.63) is 70.2 Å². The largest absolute Gasteiger partial charge is 0.378 e. The highest BCUT2D eigenvalue weighted by Gasteiger charge is 2.11. The summed E-state index contributed by atoms with van der Waals surface area (Å²) in [6, 6.07) is 14.4. The summed E-state index contributed by atoms with van der Waals surface area (Å²) < 4.78 is 0.991. The second kappa shape index (κ2) is 7.92. The second-order valence-electron chi connectivity index (χ2n) is 4.63. The molecule has 0 bridgehead atoms. The molecule has 0 saturated heterocycles. The van der Waals surface area contributed by atoms with Gasteiger partial charge in [-0.1, -0.05) is 51.8 Å². The van der Waals surface area contributed by atoms with Gasteiger partial charge in [0.05, 0.1) is 6.04 Å². The molecule has 0 aliphatic carbocycles. The minimum absolute atomic E-state index is 0.135. The third kappa shape index (κ3) is 4.53. The molecule has 0 aromatic heterocycles. The fourth-order valence-corrected chi connectivity index (χ4v) is 3.62. The Morgan fingerprint density at radius 2 is 2.10 bits per heavy atom. The van der Waals surface area contributed by atoms with Gasteiger partial charge in [0.1, 0.15) is 0 Å². The number of halogens is 2. The summed E-state index contributed by atoms with van der Waals surface area (Å²) in [5.74, 6) is 0.895. The molecule has 2 rings (SSSR count). The van der Waals surface area contributed by atoms with Crippen molar-refractivity contribution in [3.8, 4) is 0 Å². The zero-order chi connectivity index (χ0) is 15.2. The normalized spacial score (nSPS) is 12.0. The minimum Gasteiger partial charge on any atom is -0.378 e. The summed E-state index contributed by atoms with van der Waals surface area (Å²) in [6.07, 6.45) is 1.91. The van der Waals surface area contributed by atoms with Crippen LogP contribution in [0.5, 0.6) is 0 Å². The van der Waals surface area contributed by atoms with E-state index in [2.05, 4.69) is 46.9 Å². The summed E-state index contributed by atoms with van der Waals surface area (Å²) in [4.78, 5) is 1.22. The van der Waals surface area contributed by atoms with Crippen LogP contribution in [0, 0.1) is 0 Å². The van der Waals surface area contributed by atoms with Gasteiger partial charge in [-0.25, -0.2) is 0 Å². The summed E-state index contributed by atoms with van der Waals surface area (Å²) in [6.45, 7) is 5.89. The Bertz CT molecular complexity index is 630. The molecule has 0 heterocycles. The van der Waals surface area contributed by atoms with Crippen LogP contribution in [0.15, 0.2) is 64.5 Å². The molecule has 0 aliphatic heterocycles. The Kier molecular flexibility index (Phi) is 6.22. The van der Waals surface area contributed by atoms with E-state index in [9.17, 15) is 0 Å². The Morgan fingerprint density at radius 1 is 1.33 bits per heavy atom. The number of anilines is 1. The summed E-state index contributed by atoms with van der Waals surface area (Å²) in [5, 5.41) is 4.31. The lowest BCUT2D eigenvalue weighted by molar-refractivity contribution is 0.879. The standard InChI is InChI=1S/C17H17BrClNS/c1-3-10-21-17-7-5-4-6-16(17)20-12(2)14-9-8-13(18)11-15(14)19/h3-9,11-12,20H,1,10H2,2H3. The van der Waals surface area contributed by atoms with Crippen molar-refractivity contribution in [2.75, 3.05) is 11.1 Å². The van der Waals surface area contributed by atoms with E-state index in [1.807, 2.05) is 36.4 Å². The SMILES string of the molecule is C=CCSc1ccccc1NC(C)c1ccc(Br)cc1Cl. The average Bonchev–Trinajstić information content (AvgIpc) is 2.46. The van der Waals surface area contributed by atoms with Crippen molar-refractivity contribution >= 4 is 45.0 Å². The van der Waals surface area contributed by atoms with Gasteiger partial charge in [0.25, 0.3) is 0 Å². The van der Waals surface area contributed by atoms with Crippen molar-refractivity contribution < 1.29 is 0 Å². The topological polar surface area (TPSA) is 12.0 Å². The predicted molar refractivity (Wildman–Crippen MR) is 98.6 cm³/mol. The average molecular weight is 383 g/mol. The number of rotatable bonds is 6. The van der Waals surface area contributed by atoms with Gasteiger partial charge in [-0.05, 0) is 36.8 Å². The molecule has 0 radical (unpaired) electrons. The lowest BCUT2D eigenvalue weighted by Crippen LogP contribution is -2.08. The van der Waals surface area contributed by atoms with Crippen LogP contribution in [-0.4, -0.2) is 5.75 Å². The molecule has 0 fully saturated rings. The van der Waals surface area contributed by atoms with Crippen molar-refractivity contribution in [1.82, 2.24) is 0 Å². The molecule has 0 spiro atoms. The van der Waals surface area contributed by atoms with Crippen LogP contribution in [0.1, 0.15) is 18.5 Å². The minimum atomic E-state index is 0.135. The summed E-state index contributed by atoms with van der Waals surface area (Å²) in [5.41, 5.74) is 2.21. The van der Waals surface area contributed by atoms with Gasteiger partial charge in [-0.15, -0.1) is 18.3 Å². The van der Waals surface area contributed by atoms with E-state index in [0.717, 1.165) is 26.5 Å². The number of nitrogens with one attached hydrogen (secondary N) is 1. The quantitative estimate of drug-likeness (QED) is 0.449. The van der Waals surface area contributed by atoms with E-state index in [1.54, 1.807) is 11.8 Å². The zero-order valence-electron chi connectivity index (χ0n) is 11.8. The first kappa shape index (κ1) is 16.5. The predicted octanol–water partition coefficient (Wildman–Crippen LogP) is 6.55. The molecule has 2 aromatic rings. The maximum Gasteiger partial charge on any atom is 0.0500 e. The highest BCUT2D eigenvalue weighted by molar-refractivity contribution is 9.10. The van der Waals surface area contributed by atoms with E-state index in [4.69, 9.17) is 11.6 Å². The van der Waals surface area contributed by atoms with Gasteiger partial charge in [-0.3, -0.25) is 0 Å². The van der Waals surface area contributed by atoms with Crippen molar-refractivity contribution in [2.45, 2.75) is 17.9 Å². The van der Waals surface area contributed by atoms with Crippen molar-refractivity contribution in [1.29, 1.82) is 0 Å². The van der Waals surface area contributed by atoms with Crippen LogP contribution in [0.4, 0.5) is 5.69 Å². The van der Waals surface area contributed by atoms with Crippen molar-refractivity contribution in [3.63, 3.8) is 0 Å². The number of thioether (sulfide) groups is 1. The van der Waals surface area contributed by atoms with Gasteiger partial charge >= 0.3 is 0 Å². The number of hydrogen-bond acceptors (Lipinski definition) is 2. The lowest BCUT2D eigenvalue weighted by atomic mass is 10.1. The van der Waals surface area contributed by atoms with Gasteiger partial charge < -0.3 is 5.32 Å². The molecular formula is C17H17BrClNS. The molecule has 1 N–H and O–H groups in total. The first-order chi connectivity index (χ1) is 10.1. The molecule has 0 amide bonds. The Morgan fingerprint density at radius 3 is 2.81 bits per heavy atom. The van der Waals surface area contributed by atoms with Crippen LogP contribution in [0.2, 0.25) is 5.02 Å². The molecule has 1 atom stereocenters. The van der Waals surface area contributed by atoms with Crippen LogP contribution in [0.3, 0.4) is 0 Å². The lowest BCUT2D eigenvalue weighted by Gasteiger charge is -2.19. The molecule has 0 aliphatic rings. The van der Waals surface area contributed by atoms with Gasteiger partial charge in [0.2, 0.25) is 0 Å². The maximum absolute atomic E-state index is 6.33. The maximum atomic E-state index is 6.33. The first-order valence-corrected chi connectivity index (χ1v) is 8.81. The van der Waals surface area contributed by atoms with Crippen LogP contribution in [-0.2, 0) is 0 Å².